The topological polar surface area (TPSA) is 68.4 Å². The highest BCUT2D eigenvalue weighted by Gasteiger charge is 2.23. The molecule has 1 aromatic heterocycles. The van der Waals surface area contributed by atoms with Crippen LogP contribution in [0.1, 0.15) is 11.1 Å². The summed E-state index contributed by atoms with van der Waals surface area (Å²) in [7, 11) is 0. The lowest BCUT2D eigenvalue weighted by Crippen LogP contribution is -2.50. The van der Waals surface area contributed by atoms with Crippen molar-refractivity contribution in [3.8, 4) is 0 Å². The number of aromatic amines is 1. The highest BCUT2D eigenvalue weighted by atomic mass is 16.2. The molecule has 3 aromatic rings. The largest absolute Gasteiger partial charge is 0.361 e. The molecule has 150 valence electrons. The predicted octanol–water partition coefficient (Wildman–Crippen LogP) is 2.80. The molecule has 4 rings (SSSR count). The molecule has 1 saturated heterocycles. The Labute approximate surface area is 170 Å². The van der Waals surface area contributed by atoms with Gasteiger partial charge < -0.3 is 15.2 Å². The van der Waals surface area contributed by atoms with Crippen LogP contribution in [0.25, 0.3) is 10.9 Å². The van der Waals surface area contributed by atoms with Crippen LogP contribution in [0.3, 0.4) is 0 Å². The first-order valence-electron chi connectivity index (χ1n) is 10.00. The van der Waals surface area contributed by atoms with Gasteiger partial charge in [0.1, 0.15) is 0 Å². The van der Waals surface area contributed by atoms with E-state index in [0.29, 0.717) is 39.1 Å². The monoisotopic (exact) mass is 390 g/mol. The third kappa shape index (κ3) is 4.66. The Hall–Kier alpha value is -3.12. The van der Waals surface area contributed by atoms with Gasteiger partial charge in [0.25, 0.3) is 0 Å². The summed E-state index contributed by atoms with van der Waals surface area (Å²) < 4.78 is 0. The molecule has 29 heavy (non-hydrogen) atoms. The number of piperazine rings is 1. The van der Waals surface area contributed by atoms with E-state index in [-0.39, 0.29) is 11.8 Å². The average Bonchev–Trinajstić information content (AvgIpc) is 3.13. The summed E-state index contributed by atoms with van der Waals surface area (Å²) in [6.07, 6.45) is 2.33. The number of anilines is 1. The summed E-state index contributed by atoms with van der Waals surface area (Å²) >= 11 is 0. The van der Waals surface area contributed by atoms with Crippen LogP contribution in [0, 0.1) is 6.92 Å². The molecule has 6 nitrogen and oxygen atoms in total. The summed E-state index contributed by atoms with van der Waals surface area (Å²) in [5.41, 5.74) is 4.06. The number of rotatable bonds is 5. The van der Waals surface area contributed by atoms with Crippen LogP contribution in [0.15, 0.2) is 54.7 Å². The second-order valence-electron chi connectivity index (χ2n) is 7.61. The molecule has 0 aliphatic carbocycles. The molecule has 0 atom stereocenters. The number of hydrogen-bond acceptors (Lipinski definition) is 3. The van der Waals surface area contributed by atoms with Crippen molar-refractivity contribution in [3.63, 3.8) is 0 Å². The molecule has 6 heteroatoms. The normalized spacial score (nSPS) is 14.9. The van der Waals surface area contributed by atoms with Crippen LogP contribution < -0.4 is 5.32 Å². The van der Waals surface area contributed by atoms with E-state index in [0.717, 1.165) is 27.7 Å². The van der Waals surface area contributed by atoms with Gasteiger partial charge in [0.2, 0.25) is 11.8 Å². The fourth-order valence-corrected chi connectivity index (χ4v) is 3.75. The number of carbonyl (C=O) groups excluding carboxylic acids is 2. The van der Waals surface area contributed by atoms with Gasteiger partial charge >= 0.3 is 0 Å². The highest BCUT2D eigenvalue weighted by Crippen LogP contribution is 2.19. The Morgan fingerprint density at radius 2 is 1.72 bits per heavy atom. The van der Waals surface area contributed by atoms with E-state index in [1.807, 2.05) is 66.6 Å². The smallest absolute Gasteiger partial charge is 0.238 e. The lowest BCUT2D eigenvalue weighted by Gasteiger charge is -2.34. The molecule has 0 unspecified atom stereocenters. The van der Waals surface area contributed by atoms with Crippen molar-refractivity contribution in [2.45, 2.75) is 13.3 Å². The Morgan fingerprint density at radius 1 is 1.00 bits per heavy atom. The molecule has 0 radical (unpaired) electrons. The number of para-hydroxylation sites is 1. The Morgan fingerprint density at radius 3 is 2.48 bits per heavy atom. The van der Waals surface area contributed by atoms with E-state index in [1.165, 1.54) is 0 Å². The number of fused-ring (bicyclic) bond motifs is 1. The van der Waals surface area contributed by atoms with Crippen LogP contribution in [-0.4, -0.2) is 59.3 Å². The van der Waals surface area contributed by atoms with Gasteiger partial charge in [-0.25, -0.2) is 0 Å². The maximum Gasteiger partial charge on any atom is 0.238 e. The van der Waals surface area contributed by atoms with Crippen molar-refractivity contribution < 1.29 is 9.59 Å². The third-order valence-electron chi connectivity index (χ3n) is 5.44. The van der Waals surface area contributed by atoms with Gasteiger partial charge in [0, 0.05) is 49.0 Å². The fourth-order valence-electron chi connectivity index (χ4n) is 3.75. The molecule has 1 aliphatic heterocycles. The van der Waals surface area contributed by atoms with Gasteiger partial charge in [0.15, 0.2) is 0 Å². The molecule has 2 N–H and O–H groups in total. The number of H-pyrrole nitrogens is 1. The zero-order valence-electron chi connectivity index (χ0n) is 16.6. The standard InChI is InChI=1S/C23H26N4O2/c1-17-6-8-19(9-7-17)25-22(28)16-26-10-12-27(13-11-26)23(29)14-18-15-24-21-5-3-2-4-20(18)21/h2-9,15,24H,10-14,16H2,1H3,(H,25,28). The first kappa shape index (κ1) is 19.2. The number of benzene rings is 2. The molecule has 1 aliphatic rings. The molecule has 0 bridgehead atoms. The quantitative estimate of drug-likeness (QED) is 0.704. The molecule has 0 saturated carbocycles. The van der Waals surface area contributed by atoms with Crippen molar-refractivity contribution in [1.82, 2.24) is 14.8 Å². The first-order valence-corrected chi connectivity index (χ1v) is 10.00. The lowest BCUT2D eigenvalue weighted by molar-refractivity contribution is -0.132. The number of carbonyl (C=O) groups is 2. The first-order chi connectivity index (χ1) is 14.1. The molecule has 2 heterocycles. The molecule has 2 amide bonds. The van der Waals surface area contributed by atoms with Crippen molar-refractivity contribution >= 4 is 28.4 Å². The number of aromatic nitrogens is 1. The summed E-state index contributed by atoms with van der Waals surface area (Å²) in [5.74, 6) is 0.117. The van der Waals surface area contributed by atoms with E-state index in [9.17, 15) is 9.59 Å². The number of aryl methyl sites for hydroxylation is 1. The van der Waals surface area contributed by atoms with Crippen LogP contribution >= 0.6 is 0 Å². The van der Waals surface area contributed by atoms with Crippen molar-refractivity contribution in [1.29, 1.82) is 0 Å². The van der Waals surface area contributed by atoms with Crippen LogP contribution in [0.4, 0.5) is 5.69 Å². The molecular formula is C23H26N4O2. The Balaban J connectivity index is 1.26. The predicted molar refractivity (Wildman–Crippen MR) is 115 cm³/mol. The minimum Gasteiger partial charge on any atom is -0.361 e. The van der Waals surface area contributed by atoms with Gasteiger partial charge in [0.05, 0.1) is 13.0 Å². The zero-order chi connectivity index (χ0) is 20.2. The van der Waals surface area contributed by atoms with E-state index in [2.05, 4.69) is 15.2 Å². The molecule has 0 spiro atoms. The second-order valence-corrected chi connectivity index (χ2v) is 7.61. The third-order valence-corrected chi connectivity index (χ3v) is 5.44. The zero-order valence-corrected chi connectivity index (χ0v) is 16.6. The number of amides is 2. The fraction of sp³-hybridized carbons (Fsp3) is 0.304. The Kier molecular flexibility index (Phi) is 5.62. The number of hydrogen-bond donors (Lipinski definition) is 2. The number of nitrogens with zero attached hydrogens (tertiary/aromatic N) is 2. The van der Waals surface area contributed by atoms with Crippen LogP contribution in [0.2, 0.25) is 0 Å². The summed E-state index contributed by atoms with van der Waals surface area (Å²) in [6, 6.07) is 15.8. The molecule has 2 aromatic carbocycles. The number of nitrogens with one attached hydrogen (secondary N) is 2. The average molecular weight is 390 g/mol. The van der Waals surface area contributed by atoms with Gasteiger partial charge in [-0.15, -0.1) is 0 Å². The van der Waals surface area contributed by atoms with E-state index in [1.54, 1.807) is 0 Å². The lowest BCUT2D eigenvalue weighted by atomic mass is 10.1. The second kappa shape index (κ2) is 8.49. The maximum absolute atomic E-state index is 12.7. The SMILES string of the molecule is Cc1ccc(NC(=O)CN2CCN(C(=O)Cc3c[nH]c4ccccc34)CC2)cc1. The van der Waals surface area contributed by atoms with Crippen LogP contribution in [0.5, 0.6) is 0 Å². The van der Waals surface area contributed by atoms with Crippen molar-refractivity contribution in [2.24, 2.45) is 0 Å². The van der Waals surface area contributed by atoms with E-state index < -0.39 is 0 Å². The summed E-state index contributed by atoms with van der Waals surface area (Å²) in [6.45, 7) is 5.09. The van der Waals surface area contributed by atoms with Gasteiger partial charge in [-0.05, 0) is 30.7 Å². The summed E-state index contributed by atoms with van der Waals surface area (Å²) in [5, 5.41) is 4.04. The Bertz CT molecular complexity index is 1000. The van der Waals surface area contributed by atoms with Crippen molar-refractivity contribution in [2.75, 3.05) is 38.0 Å². The summed E-state index contributed by atoms with van der Waals surface area (Å²) in [4.78, 5) is 32.2. The van der Waals surface area contributed by atoms with Gasteiger partial charge in [-0.2, -0.15) is 0 Å². The molecular weight excluding hydrogens is 364 g/mol. The highest BCUT2D eigenvalue weighted by molar-refractivity contribution is 5.92. The minimum absolute atomic E-state index is 0.0209. The maximum atomic E-state index is 12.7. The van der Waals surface area contributed by atoms with Gasteiger partial charge in [-0.3, -0.25) is 14.5 Å². The van der Waals surface area contributed by atoms with E-state index in [4.69, 9.17) is 0 Å². The van der Waals surface area contributed by atoms with Crippen molar-refractivity contribution in [3.05, 3.63) is 65.9 Å². The van der Waals surface area contributed by atoms with Gasteiger partial charge in [-0.1, -0.05) is 35.9 Å². The van der Waals surface area contributed by atoms with Crippen LogP contribution in [-0.2, 0) is 16.0 Å². The minimum atomic E-state index is -0.0209. The molecule has 1 fully saturated rings. The van der Waals surface area contributed by atoms with E-state index >= 15 is 0 Å².